The Balaban J connectivity index is 2.12. The second-order valence-electron chi connectivity index (χ2n) is 6.04. The van der Waals surface area contributed by atoms with Crippen molar-refractivity contribution in [3.05, 3.63) is 23.9 Å². The van der Waals surface area contributed by atoms with Gasteiger partial charge in [-0.1, -0.05) is 0 Å². The fraction of sp³-hybridized carbons (Fsp3) is 0.600. The van der Waals surface area contributed by atoms with Gasteiger partial charge in [-0.15, -0.1) is 0 Å². The van der Waals surface area contributed by atoms with E-state index in [9.17, 15) is 13.2 Å². The lowest BCUT2D eigenvalue weighted by Crippen LogP contribution is -2.36. The molecule has 1 saturated heterocycles. The van der Waals surface area contributed by atoms with Crippen LogP contribution in [0.25, 0.3) is 0 Å². The third kappa shape index (κ3) is 3.81. The first kappa shape index (κ1) is 17.7. The maximum Gasteiger partial charge on any atom is 0.258 e. The van der Waals surface area contributed by atoms with E-state index in [1.165, 1.54) is 9.21 Å². The van der Waals surface area contributed by atoms with Crippen molar-refractivity contribution in [3.63, 3.8) is 0 Å². The van der Waals surface area contributed by atoms with Crippen LogP contribution >= 0.6 is 0 Å². The third-order valence-corrected chi connectivity index (χ3v) is 5.99. The number of nitrogens with zero attached hydrogens (tertiary/aromatic N) is 3. The second-order valence-corrected chi connectivity index (χ2v) is 8.53. The number of amides is 1. The predicted molar refractivity (Wildman–Crippen MR) is 86.9 cm³/mol. The lowest BCUT2D eigenvalue weighted by atomic mass is 10.2. The van der Waals surface area contributed by atoms with E-state index in [0.717, 1.165) is 0 Å². The molecule has 1 unspecified atom stereocenters. The number of hydrogen-bond donors (Lipinski definition) is 0. The Hall–Kier alpha value is -1.67. The Morgan fingerprint density at radius 1 is 1.43 bits per heavy atom. The van der Waals surface area contributed by atoms with Crippen molar-refractivity contribution in [3.8, 4) is 5.88 Å². The molecular weight excluding hydrogens is 318 g/mol. The van der Waals surface area contributed by atoms with Gasteiger partial charge in [-0.25, -0.2) is 13.4 Å². The predicted octanol–water partition coefficient (Wildman–Crippen LogP) is 0.975. The molecular formula is C15H23N3O4S. The first-order chi connectivity index (χ1) is 10.7. The van der Waals surface area contributed by atoms with Crippen LogP contribution in [0.4, 0.5) is 0 Å². The second kappa shape index (κ2) is 6.84. The van der Waals surface area contributed by atoms with E-state index in [1.807, 2.05) is 0 Å². The normalized spacial score (nSPS) is 19.1. The average molecular weight is 341 g/mol. The Kier molecular flexibility index (Phi) is 5.26. The smallest absolute Gasteiger partial charge is 0.258 e. The molecule has 1 aliphatic heterocycles. The maximum atomic E-state index is 12.2. The van der Waals surface area contributed by atoms with Crippen LogP contribution in [0.15, 0.2) is 18.3 Å². The standard InChI is InChI=1S/C15H23N3O4S/c1-11(2)23(20,21)18-9-7-12(10-18)22-14-13(6-5-8-16-14)15(19)17(3)4/h5-6,8,11-12H,7,9-10H2,1-4H3. The van der Waals surface area contributed by atoms with E-state index >= 15 is 0 Å². The zero-order valence-electron chi connectivity index (χ0n) is 13.9. The summed E-state index contributed by atoms with van der Waals surface area (Å²) in [7, 11) is 0.0328. The zero-order valence-corrected chi connectivity index (χ0v) is 14.7. The first-order valence-electron chi connectivity index (χ1n) is 7.55. The summed E-state index contributed by atoms with van der Waals surface area (Å²) in [6.07, 6.45) is 1.84. The van der Waals surface area contributed by atoms with Gasteiger partial charge >= 0.3 is 0 Å². The summed E-state index contributed by atoms with van der Waals surface area (Å²) in [5.74, 6) is 0.0535. The number of rotatable bonds is 5. The molecule has 8 heteroatoms. The molecule has 2 rings (SSSR count). The highest BCUT2D eigenvalue weighted by atomic mass is 32.2. The minimum Gasteiger partial charge on any atom is -0.472 e. The van der Waals surface area contributed by atoms with Gasteiger partial charge in [-0.05, 0) is 32.4 Å². The van der Waals surface area contributed by atoms with Gasteiger partial charge in [0.25, 0.3) is 5.91 Å². The molecule has 0 bridgehead atoms. The van der Waals surface area contributed by atoms with Crippen molar-refractivity contribution >= 4 is 15.9 Å². The summed E-state index contributed by atoms with van der Waals surface area (Å²) in [6.45, 7) is 4.04. The monoisotopic (exact) mass is 341 g/mol. The van der Waals surface area contributed by atoms with Crippen LogP contribution in [0.5, 0.6) is 5.88 Å². The minimum atomic E-state index is -3.28. The molecule has 0 aromatic carbocycles. The molecule has 1 amide bonds. The summed E-state index contributed by atoms with van der Waals surface area (Å²) in [6, 6.07) is 3.33. The molecule has 0 aliphatic carbocycles. The third-order valence-electron chi connectivity index (χ3n) is 3.75. The SMILES string of the molecule is CC(C)S(=O)(=O)N1CCC(Oc2ncccc2C(=O)N(C)C)C1. The van der Waals surface area contributed by atoms with Crippen molar-refractivity contribution in [2.75, 3.05) is 27.2 Å². The molecule has 0 spiro atoms. The molecule has 0 saturated carbocycles. The number of ether oxygens (including phenoxy) is 1. The van der Waals surface area contributed by atoms with Gasteiger partial charge in [-0.2, -0.15) is 4.31 Å². The summed E-state index contributed by atoms with van der Waals surface area (Å²) >= 11 is 0. The fourth-order valence-electron chi connectivity index (χ4n) is 2.37. The Morgan fingerprint density at radius 3 is 2.74 bits per heavy atom. The molecule has 7 nitrogen and oxygen atoms in total. The van der Waals surface area contributed by atoms with Crippen LogP contribution in [0.1, 0.15) is 30.6 Å². The van der Waals surface area contributed by atoms with Crippen LogP contribution < -0.4 is 4.74 Å². The molecule has 0 radical (unpaired) electrons. The number of hydrogen-bond acceptors (Lipinski definition) is 5. The molecule has 1 aromatic heterocycles. The number of aromatic nitrogens is 1. The number of sulfonamides is 1. The van der Waals surface area contributed by atoms with E-state index in [-0.39, 0.29) is 24.4 Å². The lowest BCUT2D eigenvalue weighted by molar-refractivity contribution is 0.0818. The highest BCUT2D eigenvalue weighted by Gasteiger charge is 2.35. The van der Waals surface area contributed by atoms with Crippen LogP contribution in [0, 0.1) is 0 Å². The van der Waals surface area contributed by atoms with Crippen molar-refractivity contribution in [2.45, 2.75) is 31.6 Å². The summed E-state index contributed by atoms with van der Waals surface area (Å²) in [4.78, 5) is 17.7. The van der Waals surface area contributed by atoms with Gasteiger partial charge in [0, 0.05) is 26.8 Å². The average Bonchev–Trinajstić information content (AvgIpc) is 2.96. The minimum absolute atomic E-state index is 0.197. The van der Waals surface area contributed by atoms with Gasteiger partial charge < -0.3 is 9.64 Å². The Labute approximate surface area is 137 Å². The van der Waals surface area contributed by atoms with E-state index in [2.05, 4.69) is 4.98 Å². The van der Waals surface area contributed by atoms with E-state index in [0.29, 0.717) is 18.5 Å². The van der Waals surface area contributed by atoms with E-state index in [4.69, 9.17) is 4.74 Å². The zero-order chi connectivity index (χ0) is 17.2. The van der Waals surface area contributed by atoms with Crippen LogP contribution in [0.2, 0.25) is 0 Å². The summed E-state index contributed by atoms with van der Waals surface area (Å²) in [5.41, 5.74) is 0.377. The quantitative estimate of drug-likeness (QED) is 0.797. The van der Waals surface area contributed by atoms with E-state index < -0.39 is 15.3 Å². The summed E-state index contributed by atoms with van der Waals surface area (Å²) < 4.78 is 31.6. The van der Waals surface area contributed by atoms with Gasteiger partial charge in [0.15, 0.2) is 0 Å². The van der Waals surface area contributed by atoms with Crippen molar-refractivity contribution in [2.24, 2.45) is 0 Å². The van der Waals surface area contributed by atoms with E-state index in [1.54, 1.807) is 46.3 Å². The van der Waals surface area contributed by atoms with Crippen LogP contribution in [0.3, 0.4) is 0 Å². The molecule has 128 valence electrons. The van der Waals surface area contributed by atoms with Crippen LogP contribution in [-0.2, 0) is 10.0 Å². The molecule has 23 heavy (non-hydrogen) atoms. The first-order valence-corrected chi connectivity index (χ1v) is 9.06. The van der Waals surface area contributed by atoms with Crippen molar-refractivity contribution < 1.29 is 17.9 Å². The van der Waals surface area contributed by atoms with Gasteiger partial charge in [0.05, 0.1) is 11.8 Å². The molecule has 0 N–H and O–H groups in total. The lowest BCUT2D eigenvalue weighted by Gasteiger charge is -2.20. The number of pyridine rings is 1. The molecule has 2 heterocycles. The van der Waals surface area contributed by atoms with Gasteiger partial charge in [-0.3, -0.25) is 4.79 Å². The number of carbonyl (C=O) groups excluding carboxylic acids is 1. The molecule has 1 fully saturated rings. The fourth-order valence-corrected chi connectivity index (χ4v) is 3.70. The Morgan fingerprint density at radius 2 is 2.13 bits per heavy atom. The molecule has 1 aliphatic rings. The maximum absolute atomic E-state index is 12.2. The highest BCUT2D eigenvalue weighted by Crippen LogP contribution is 2.23. The van der Waals surface area contributed by atoms with Gasteiger partial charge in [0.1, 0.15) is 11.7 Å². The van der Waals surface area contributed by atoms with Gasteiger partial charge in [0.2, 0.25) is 15.9 Å². The largest absolute Gasteiger partial charge is 0.472 e. The highest BCUT2D eigenvalue weighted by molar-refractivity contribution is 7.89. The Bertz CT molecular complexity index is 673. The topological polar surface area (TPSA) is 79.8 Å². The number of carbonyl (C=O) groups is 1. The molecule has 1 atom stereocenters. The van der Waals surface area contributed by atoms with Crippen molar-refractivity contribution in [1.82, 2.24) is 14.2 Å². The summed E-state index contributed by atoms with van der Waals surface area (Å²) in [5, 5.41) is -0.456. The van der Waals surface area contributed by atoms with Crippen molar-refractivity contribution in [1.29, 1.82) is 0 Å². The van der Waals surface area contributed by atoms with Crippen LogP contribution in [-0.4, -0.2) is 67.1 Å². The molecule has 1 aromatic rings.